The first-order valence-electron chi connectivity index (χ1n) is 9.80. The highest BCUT2D eigenvalue weighted by atomic mass is 32.1. The van der Waals surface area contributed by atoms with Crippen molar-refractivity contribution >= 4 is 45.3 Å². The lowest BCUT2D eigenvalue weighted by Gasteiger charge is -2.22. The number of carbonyl (C=O) groups excluding carboxylic acids is 2. The van der Waals surface area contributed by atoms with Gasteiger partial charge in [-0.05, 0) is 48.7 Å². The highest BCUT2D eigenvalue weighted by Crippen LogP contribution is 2.25. The second-order valence-corrected chi connectivity index (χ2v) is 8.81. The van der Waals surface area contributed by atoms with Crippen LogP contribution in [0.3, 0.4) is 0 Å². The highest BCUT2D eigenvalue weighted by Gasteiger charge is 2.20. The minimum Gasteiger partial charge on any atom is -0.497 e. The summed E-state index contributed by atoms with van der Waals surface area (Å²) in [4.78, 5) is 32.8. The Bertz CT molecular complexity index is 1200. The zero-order valence-electron chi connectivity index (χ0n) is 17.5. The van der Waals surface area contributed by atoms with Crippen molar-refractivity contribution < 1.29 is 18.7 Å². The number of hydrogen-bond donors (Lipinski definition) is 1. The predicted molar refractivity (Wildman–Crippen MR) is 126 cm³/mol. The number of amides is 2. The average molecular weight is 468 g/mol. The number of rotatable bonds is 8. The number of methoxy groups -OCH3 is 1. The third-order valence-corrected chi connectivity index (χ3v) is 6.45. The van der Waals surface area contributed by atoms with Gasteiger partial charge in [0.05, 0.1) is 37.6 Å². The molecule has 32 heavy (non-hydrogen) atoms. The van der Waals surface area contributed by atoms with Crippen molar-refractivity contribution in [2.24, 2.45) is 0 Å². The molecular weight excluding hydrogens is 446 g/mol. The molecule has 0 saturated heterocycles. The number of carbonyl (C=O) groups is 2. The molecular formula is C23H21N3O4S2. The summed E-state index contributed by atoms with van der Waals surface area (Å²) in [6, 6.07) is 13.0. The Morgan fingerprint density at radius 3 is 2.62 bits per heavy atom. The van der Waals surface area contributed by atoms with E-state index in [0.717, 1.165) is 16.3 Å². The number of thiazole rings is 1. The molecule has 0 aliphatic rings. The van der Waals surface area contributed by atoms with Gasteiger partial charge in [-0.15, -0.1) is 22.7 Å². The van der Waals surface area contributed by atoms with Gasteiger partial charge < -0.3 is 14.1 Å². The summed E-state index contributed by atoms with van der Waals surface area (Å²) in [6.45, 7) is 2.19. The molecule has 0 atom stereocenters. The van der Waals surface area contributed by atoms with E-state index in [2.05, 4.69) is 10.3 Å². The molecule has 3 heterocycles. The average Bonchev–Trinajstić information content (AvgIpc) is 3.55. The van der Waals surface area contributed by atoms with Crippen LogP contribution in [0.5, 0.6) is 5.75 Å². The van der Waals surface area contributed by atoms with Gasteiger partial charge in [0.15, 0.2) is 5.13 Å². The van der Waals surface area contributed by atoms with Crippen LogP contribution in [0.4, 0.5) is 10.8 Å². The minimum absolute atomic E-state index is 0.0857. The Kier molecular flexibility index (Phi) is 6.67. The van der Waals surface area contributed by atoms with Crippen molar-refractivity contribution in [1.29, 1.82) is 0 Å². The fraction of sp³-hybridized carbons (Fsp3) is 0.174. The van der Waals surface area contributed by atoms with Crippen LogP contribution >= 0.6 is 22.7 Å². The van der Waals surface area contributed by atoms with Crippen molar-refractivity contribution in [2.45, 2.75) is 19.9 Å². The Morgan fingerprint density at radius 2 is 1.97 bits per heavy atom. The first kappa shape index (κ1) is 21.8. The van der Waals surface area contributed by atoms with Crippen LogP contribution in [0.1, 0.15) is 26.7 Å². The van der Waals surface area contributed by atoms with Crippen molar-refractivity contribution in [3.63, 3.8) is 0 Å². The molecule has 164 valence electrons. The molecule has 0 bridgehead atoms. The Hall–Kier alpha value is -3.43. The molecule has 0 unspecified atom stereocenters. The molecule has 0 spiro atoms. The van der Waals surface area contributed by atoms with Gasteiger partial charge in [-0.1, -0.05) is 6.07 Å². The molecule has 9 heteroatoms. The van der Waals surface area contributed by atoms with Crippen LogP contribution in [-0.4, -0.2) is 23.9 Å². The smallest absolute Gasteiger partial charge is 0.260 e. The molecule has 3 aromatic heterocycles. The van der Waals surface area contributed by atoms with Gasteiger partial charge in [0.1, 0.15) is 11.5 Å². The number of aryl methyl sites for hydroxylation is 1. The summed E-state index contributed by atoms with van der Waals surface area (Å²) >= 11 is 2.88. The molecule has 0 fully saturated rings. The van der Waals surface area contributed by atoms with Gasteiger partial charge >= 0.3 is 0 Å². The van der Waals surface area contributed by atoms with Gasteiger partial charge in [0.25, 0.3) is 5.91 Å². The topological polar surface area (TPSA) is 84.7 Å². The molecule has 4 rings (SSSR count). The van der Waals surface area contributed by atoms with E-state index < -0.39 is 0 Å². The number of ether oxygens (including phenoxy) is 1. The van der Waals surface area contributed by atoms with E-state index >= 15 is 0 Å². The third kappa shape index (κ3) is 5.06. The fourth-order valence-electron chi connectivity index (χ4n) is 3.12. The first-order valence-corrected chi connectivity index (χ1v) is 11.6. The van der Waals surface area contributed by atoms with Crippen molar-refractivity contribution in [3.05, 3.63) is 81.4 Å². The Balaban J connectivity index is 1.48. The molecule has 4 aromatic rings. The van der Waals surface area contributed by atoms with Crippen LogP contribution in [-0.2, 0) is 17.8 Å². The Morgan fingerprint density at radius 1 is 1.16 bits per heavy atom. The van der Waals surface area contributed by atoms with E-state index in [1.807, 2.05) is 41.8 Å². The van der Waals surface area contributed by atoms with Gasteiger partial charge in [0.2, 0.25) is 5.91 Å². The second kappa shape index (κ2) is 9.80. The maximum atomic E-state index is 13.2. The van der Waals surface area contributed by atoms with Crippen LogP contribution in [0, 0.1) is 6.92 Å². The standard InChI is InChI=1S/C23H21N3O4S2/c1-15-20(9-10-30-15)22(28)25-23-24-16(14-32-23)12-21(27)26(13-19-4-3-11-31-19)17-5-7-18(29-2)8-6-17/h3-11,14H,12-13H2,1-2H3,(H,24,25,28). The number of anilines is 2. The van der Waals surface area contributed by atoms with Crippen LogP contribution < -0.4 is 15.0 Å². The lowest BCUT2D eigenvalue weighted by Crippen LogP contribution is -2.31. The largest absolute Gasteiger partial charge is 0.497 e. The molecule has 2 amide bonds. The number of nitrogens with zero attached hydrogens (tertiary/aromatic N) is 2. The molecule has 0 radical (unpaired) electrons. The van der Waals surface area contributed by atoms with Crippen molar-refractivity contribution in [3.8, 4) is 5.75 Å². The number of aromatic nitrogens is 1. The monoisotopic (exact) mass is 467 g/mol. The van der Waals surface area contributed by atoms with Crippen LogP contribution in [0.25, 0.3) is 0 Å². The first-order chi connectivity index (χ1) is 15.5. The van der Waals surface area contributed by atoms with E-state index in [-0.39, 0.29) is 18.2 Å². The quantitative estimate of drug-likeness (QED) is 0.388. The summed E-state index contributed by atoms with van der Waals surface area (Å²) < 4.78 is 10.4. The SMILES string of the molecule is COc1ccc(N(Cc2cccs2)C(=O)Cc2csc(NC(=O)c3ccoc3C)n2)cc1. The number of benzene rings is 1. The third-order valence-electron chi connectivity index (χ3n) is 4.79. The number of thiophene rings is 1. The summed E-state index contributed by atoms with van der Waals surface area (Å²) in [5.41, 5.74) is 1.84. The minimum atomic E-state index is -0.291. The second-order valence-electron chi connectivity index (χ2n) is 6.92. The van der Waals surface area contributed by atoms with E-state index in [1.54, 1.807) is 41.7 Å². The zero-order chi connectivity index (χ0) is 22.5. The molecule has 0 aliphatic carbocycles. The molecule has 0 aliphatic heterocycles. The normalized spacial score (nSPS) is 10.7. The molecule has 0 saturated carbocycles. The molecule has 1 N–H and O–H groups in total. The van der Waals surface area contributed by atoms with Crippen LogP contribution in [0.15, 0.2) is 63.9 Å². The highest BCUT2D eigenvalue weighted by molar-refractivity contribution is 7.14. The van der Waals surface area contributed by atoms with E-state index in [4.69, 9.17) is 9.15 Å². The maximum Gasteiger partial charge on any atom is 0.260 e. The van der Waals surface area contributed by atoms with Crippen LogP contribution in [0.2, 0.25) is 0 Å². The fourth-order valence-corrected chi connectivity index (χ4v) is 4.52. The van der Waals surface area contributed by atoms with E-state index in [1.165, 1.54) is 17.6 Å². The summed E-state index contributed by atoms with van der Waals surface area (Å²) in [7, 11) is 1.61. The summed E-state index contributed by atoms with van der Waals surface area (Å²) in [5.74, 6) is 0.890. The van der Waals surface area contributed by atoms with E-state index in [0.29, 0.717) is 28.7 Å². The molecule has 1 aromatic carbocycles. The maximum absolute atomic E-state index is 13.2. The van der Waals surface area contributed by atoms with Gasteiger partial charge in [-0.3, -0.25) is 14.9 Å². The zero-order valence-corrected chi connectivity index (χ0v) is 19.2. The number of nitrogens with one attached hydrogen (secondary N) is 1. The lowest BCUT2D eigenvalue weighted by molar-refractivity contribution is -0.118. The predicted octanol–water partition coefficient (Wildman–Crippen LogP) is 5.14. The van der Waals surface area contributed by atoms with Gasteiger partial charge in [-0.25, -0.2) is 4.98 Å². The lowest BCUT2D eigenvalue weighted by atomic mass is 10.2. The van der Waals surface area contributed by atoms with E-state index in [9.17, 15) is 9.59 Å². The van der Waals surface area contributed by atoms with Gasteiger partial charge in [0, 0.05) is 15.9 Å². The summed E-state index contributed by atoms with van der Waals surface area (Å²) in [5, 5.41) is 6.97. The summed E-state index contributed by atoms with van der Waals surface area (Å²) in [6.07, 6.45) is 1.59. The molecule has 7 nitrogen and oxygen atoms in total. The Labute approximate surface area is 193 Å². The van der Waals surface area contributed by atoms with Gasteiger partial charge in [-0.2, -0.15) is 0 Å². The number of furan rings is 1. The van der Waals surface area contributed by atoms with Crippen molar-refractivity contribution in [2.75, 3.05) is 17.3 Å². The van der Waals surface area contributed by atoms with Crippen molar-refractivity contribution in [1.82, 2.24) is 4.98 Å². The number of hydrogen-bond acceptors (Lipinski definition) is 7.